The Morgan fingerprint density at radius 3 is 2.69 bits per heavy atom. The van der Waals surface area contributed by atoms with Crippen LogP contribution in [0.2, 0.25) is 0 Å². The van der Waals surface area contributed by atoms with Crippen LogP contribution in [0.5, 0.6) is 0 Å². The van der Waals surface area contributed by atoms with Crippen molar-refractivity contribution in [1.82, 2.24) is 34.9 Å². The minimum atomic E-state index is -4.57. The summed E-state index contributed by atoms with van der Waals surface area (Å²) in [6, 6.07) is 9.95. The van der Waals surface area contributed by atoms with E-state index in [0.717, 1.165) is 16.5 Å². The summed E-state index contributed by atoms with van der Waals surface area (Å²) in [6.45, 7) is 0. The largest absolute Gasteiger partial charge is 0.418 e. The molecule has 0 spiro atoms. The molecule has 1 amide bonds. The smallest absolute Gasteiger partial charge is 0.341 e. The summed E-state index contributed by atoms with van der Waals surface area (Å²) in [7, 11) is 0. The molecule has 12 heteroatoms. The second kappa shape index (κ2) is 8.99. The number of aromatic nitrogens is 6. The summed E-state index contributed by atoms with van der Waals surface area (Å²) in [5.41, 5.74) is -0.552. The highest BCUT2D eigenvalue weighted by Gasteiger charge is 2.34. The zero-order chi connectivity index (χ0) is 22.7. The molecular formula is C20H18F3N7OS. The number of fused-ring (bicyclic) bond motifs is 1. The number of nitrogens with zero attached hydrogens (tertiary/aromatic N) is 6. The molecule has 0 fully saturated rings. The molecule has 3 aromatic heterocycles. The fourth-order valence-electron chi connectivity index (χ4n) is 3.23. The lowest BCUT2D eigenvalue weighted by Crippen LogP contribution is -2.30. The summed E-state index contributed by atoms with van der Waals surface area (Å²) >= 11 is 1.61. The first-order valence-corrected chi connectivity index (χ1v) is 11.0. The number of halogens is 3. The van der Waals surface area contributed by atoms with E-state index >= 15 is 0 Å². The zero-order valence-corrected chi connectivity index (χ0v) is 17.6. The number of amides is 1. The van der Waals surface area contributed by atoms with Gasteiger partial charge in [-0.05, 0) is 42.7 Å². The van der Waals surface area contributed by atoms with Crippen LogP contribution in [-0.2, 0) is 6.18 Å². The first-order valence-electron chi connectivity index (χ1n) is 9.57. The van der Waals surface area contributed by atoms with Gasteiger partial charge in [0.25, 0.3) is 5.91 Å². The predicted molar refractivity (Wildman–Crippen MR) is 113 cm³/mol. The van der Waals surface area contributed by atoms with Crippen LogP contribution in [0.25, 0.3) is 11.3 Å². The van der Waals surface area contributed by atoms with Gasteiger partial charge < -0.3 is 5.32 Å². The summed E-state index contributed by atoms with van der Waals surface area (Å²) in [4.78, 5) is 12.9. The normalized spacial score (nSPS) is 12.8. The maximum Gasteiger partial charge on any atom is 0.418 e. The Bertz CT molecular complexity index is 1240. The molecule has 1 unspecified atom stereocenters. The van der Waals surface area contributed by atoms with Crippen LogP contribution in [-0.4, -0.2) is 47.5 Å². The van der Waals surface area contributed by atoms with Gasteiger partial charge in [0.05, 0.1) is 23.5 Å². The van der Waals surface area contributed by atoms with Gasteiger partial charge in [0.1, 0.15) is 0 Å². The van der Waals surface area contributed by atoms with Crippen molar-refractivity contribution in [3.05, 3.63) is 71.9 Å². The van der Waals surface area contributed by atoms with E-state index < -0.39 is 23.7 Å². The molecule has 0 saturated heterocycles. The molecule has 8 nitrogen and oxygen atoms in total. The molecule has 166 valence electrons. The van der Waals surface area contributed by atoms with Crippen molar-refractivity contribution in [2.75, 3.05) is 12.0 Å². The van der Waals surface area contributed by atoms with Crippen molar-refractivity contribution in [2.24, 2.45) is 0 Å². The third-order valence-electron chi connectivity index (χ3n) is 4.75. The van der Waals surface area contributed by atoms with E-state index in [4.69, 9.17) is 0 Å². The summed E-state index contributed by atoms with van der Waals surface area (Å²) in [6.07, 6.45) is 0.932. The molecule has 3 heterocycles. The number of thioether (sulfide) groups is 1. The maximum atomic E-state index is 13.3. The number of benzene rings is 1. The lowest BCUT2D eigenvalue weighted by molar-refractivity contribution is -0.137. The second-order valence-corrected chi connectivity index (χ2v) is 7.84. The molecule has 0 aliphatic rings. The molecule has 0 bridgehead atoms. The highest BCUT2D eigenvalue weighted by Crippen LogP contribution is 2.33. The molecule has 1 atom stereocenters. The zero-order valence-electron chi connectivity index (χ0n) is 16.8. The fourth-order valence-corrected chi connectivity index (χ4v) is 3.70. The van der Waals surface area contributed by atoms with Gasteiger partial charge in [-0.15, -0.1) is 15.3 Å². The van der Waals surface area contributed by atoms with Gasteiger partial charge in [0.2, 0.25) is 0 Å². The number of carbonyl (C=O) groups excluding carboxylic acids is 1. The maximum absolute atomic E-state index is 13.3. The van der Waals surface area contributed by atoms with Gasteiger partial charge in [-0.25, -0.2) is 4.68 Å². The molecule has 4 aromatic rings. The Hall–Kier alpha value is -3.41. The number of hydrogen-bond acceptors (Lipinski definition) is 6. The summed E-state index contributed by atoms with van der Waals surface area (Å²) in [5, 5.41) is 18.7. The molecule has 0 radical (unpaired) electrons. The van der Waals surface area contributed by atoms with Crippen molar-refractivity contribution in [3.63, 3.8) is 0 Å². The van der Waals surface area contributed by atoms with Gasteiger partial charge in [0, 0.05) is 6.20 Å². The van der Waals surface area contributed by atoms with Crippen LogP contribution in [0.4, 0.5) is 13.2 Å². The molecule has 1 aromatic carbocycles. The van der Waals surface area contributed by atoms with E-state index in [0.29, 0.717) is 17.9 Å². The monoisotopic (exact) mass is 461 g/mol. The highest BCUT2D eigenvalue weighted by molar-refractivity contribution is 7.98. The fraction of sp³-hybridized carbons (Fsp3) is 0.250. The molecule has 4 rings (SSSR count). The highest BCUT2D eigenvalue weighted by atomic mass is 32.2. The van der Waals surface area contributed by atoms with Gasteiger partial charge >= 0.3 is 6.18 Å². The summed E-state index contributed by atoms with van der Waals surface area (Å²) in [5.74, 6) is 0.732. The SMILES string of the molecule is CSCCC(NC(=O)c1cn(-c2ccccc2C(F)(F)F)nn1)c1nnc2ccccn12. The van der Waals surface area contributed by atoms with Crippen LogP contribution in [0.1, 0.15) is 34.3 Å². The first-order chi connectivity index (χ1) is 15.4. The first kappa shape index (κ1) is 21.8. The van der Waals surface area contributed by atoms with E-state index in [1.165, 1.54) is 24.4 Å². The van der Waals surface area contributed by atoms with Gasteiger partial charge in [-0.3, -0.25) is 9.20 Å². The number of carbonyl (C=O) groups is 1. The van der Waals surface area contributed by atoms with Crippen LogP contribution in [0.3, 0.4) is 0 Å². The molecule has 32 heavy (non-hydrogen) atoms. The molecule has 0 saturated carbocycles. The number of para-hydroxylation sites is 1. The summed E-state index contributed by atoms with van der Waals surface area (Å²) < 4.78 is 42.7. The van der Waals surface area contributed by atoms with Crippen LogP contribution in [0.15, 0.2) is 54.9 Å². The van der Waals surface area contributed by atoms with Gasteiger partial charge in [-0.1, -0.05) is 23.4 Å². The Morgan fingerprint density at radius 2 is 1.91 bits per heavy atom. The van der Waals surface area contributed by atoms with Crippen molar-refractivity contribution in [2.45, 2.75) is 18.6 Å². The minimum absolute atomic E-state index is 0.107. The third-order valence-corrected chi connectivity index (χ3v) is 5.39. The number of nitrogens with one attached hydrogen (secondary N) is 1. The Morgan fingerprint density at radius 1 is 1.12 bits per heavy atom. The number of rotatable bonds is 7. The standard InChI is InChI=1S/C20H18F3N7OS/c1-32-11-9-14(18-27-26-17-8-4-5-10-29(17)18)24-19(31)15-12-30(28-25-15)16-7-3-2-6-13(16)20(21,22)23/h2-8,10,12,14H,9,11H2,1H3,(H,24,31). The quantitative estimate of drug-likeness (QED) is 0.453. The van der Waals surface area contributed by atoms with Crippen LogP contribution in [0, 0.1) is 0 Å². The predicted octanol–water partition coefficient (Wildman–Crippen LogP) is 3.55. The Labute approximate surface area is 184 Å². The number of pyridine rings is 1. The average molecular weight is 461 g/mol. The lowest BCUT2D eigenvalue weighted by Gasteiger charge is -2.16. The second-order valence-electron chi connectivity index (χ2n) is 6.86. The number of hydrogen-bond donors (Lipinski definition) is 1. The topological polar surface area (TPSA) is 90.0 Å². The lowest BCUT2D eigenvalue weighted by atomic mass is 10.1. The van der Waals surface area contributed by atoms with E-state index in [1.807, 2.05) is 18.4 Å². The van der Waals surface area contributed by atoms with E-state index in [-0.39, 0.29) is 11.4 Å². The Balaban J connectivity index is 1.60. The molecule has 0 aliphatic carbocycles. The van der Waals surface area contributed by atoms with E-state index in [2.05, 4.69) is 25.8 Å². The van der Waals surface area contributed by atoms with Gasteiger partial charge in [-0.2, -0.15) is 24.9 Å². The van der Waals surface area contributed by atoms with Crippen LogP contribution >= 0.6 is 11.8 Å². The molecular weight excluding hydrogens is 443 g/mol. The minimum Gasteiger partial charge on any atom is -0.341 e. The van der Waals surface area contributed by atoms with Gasteiger partial charge in [0.15, 0.2) is 17.2 Å². The van der Waals surface area contributed by atoms with Crippen molar-refractivity contribution < 1.29 is 18.0 Å². The third kappa shape index (κ3) is 4.44. The molecule has 1 N–H and O–H groups in total. The number of alkyl halides is 3. The van der Waals surface area contributed by atoms with E-state index in [1.54, 1.807) is 28.4 Å². The average Bonchev–Trinajstić information content (AvgIpc) is 3.44. The Kier molecular flexibility index (Phi) is 6.12. The van der Waals surface area contributed by atoms with Crippen molar-refractivity contribution in [3.8, 4) is 5.69 Å². The van der Waals surface area contributed by atoms with Crippen molar-refractivity contribution in [1.29, 1.82) is 0 Å². The van der Waals surface area contributed by atoms with E-state index in [9.17, 15) is 18.0 Å². The van der Waals surface area contributed by atoms with Crippen molar-refractivity contribution >= 4 is 23.3 Å². The van der Waals surface area contributed by atoms with Crippen LogP contribution < -0.4 is 5.32 Å². The molecule has 0 aliphatic heterocycles.